The normalized spacial score (nSPS) is 16.8. The minimum Gasteiger partial charge on any atom is -0.367 e. The molecule has 1 aliphatic rings. The number of benzene rings is 1. The third-order valence-electron chi connectivity index (χ3n) is 3.89. The van der Waals surface area contributed by atoms with Crippen molar-refractivity contribution in [2.45, 2.75) is 12.3 Å². The first kappa shape index (κ1) is 13.6. The summed E-state index contributed by atoms with van der Waals surface area (Å²) < 4.78 is 0. The molecule has 0 aliphatic carbocycles. The Balaban J connectivity index is 1.99. The van der Waals surface area contributed by atoms with Gasteiger partial charge >= 0.3 is 0 Å². The molecule has 21 heavy (non-hydrogen) atoms. The standard InChI is InChI=1S/C16H17N3O2/c17-7-5-11-10-19(14-4-2-1-3-12(11)14)16(21)13-9-18-8-6-15(13)20/h1-4,6,8-9,11H,5,7,10,17H2,(H,18,20). The average molecular weight is 283 g/mol. The molecule has 1 amide bonds. The van der Waals surface area contributed by atoms with E-state index in [9.17, 15) is 9.59 Å². The molecule has 1 aliphatic heterocycles. The van der Waals surface area contributed by atoms with E-state index in [0.29, 0.717) is 13.1 Å². The molecule has 0 bridgehead atoms. The first-order valence-corrected chi connectivity index (χ1v) is 7.00. The molecule has 2 aromatic rings. The van der Waals surface area contributed by atoms with Gasteiger partial charge in [-0.05, 0) is 24.6 Å². The molecule has 0 radical (unpaired) electrons. The number of carbonyl (C=O) groups is 1. The molecule has 1 atom stereocenters. The second-order valence-corrected chi connectivity index (χ2v) is 5.17. The van der Waals surface area contributed by atoms with Crippen molar-refractivity contribution in [1.82, 2.24) is 4.98 Å². The molecule has 5 nitrogen and oxygen atoms in total. The van der Waals surface area contributed by atoms with Gasteiger partial charge in [-0.15, -0.1) is 0 Å². The highest BCUT2D eigenvalue weighted by Gasteiger charge is 2.32. The van der Waals surface area contributed by atoms with E-state index in [1.54, 1.807) is 4.90 Å². The number of rotatable bonds is 3. The van der Waals surface area contributed by atoms with E-state index in [2.05, 4.69) is 4.98 Å². The highest BCUT2D eigenvalue weighted by atomic mass is 16.2. The van der Waals surface area contributed by atoms with Crippen molar-refractivity contribution in [3.63, 3.8) is 0 Å². The van der Waals surface area contributed by atoms with Gasteiger partial charge in [-0.1, -0.05) is 18.2 Å². The lowest BCUT2D eigenvalue weighted by Gasteiger charge is -2.17. The number of aromatic nitrogens is 1. The molecular formula is C16H17N3O2. The third-order valence-corrected chi connectivity index (χ3v) is 3.89. The molecule has 1 aromatic heterocycles. The van der Waals surface area contributed by atoms with Gasteiger partial charge in [0.1, 0.15) is 5.56 Å². The van der Waals surface area contributed by atoms with Gasteiger partial charge in [0.05, 0.1) is 0 Å². The number of hydrogen-bond acceptors (Lipinski definition) is 3. The summed E-state index contributed by atoms with van der Waals surface area (Å²) in [5.74, 6) is -0.0261. The number of amides is 1. The van der Waals surface area contributed by atoms with E-state index in [0.717, 1.165) is 17.7 Å². The second-order valence-electron chi connectivity index (χ2n) is 5.17. The van der Waals surface area contributed by atoms with Gasteiger partial charge < -0.3 is 15.6 Å². The fraction of sp³-hybridized carbons (Fsp3) is 0.250. The van der Waals surface area contributed by atoms with Crippen molar-refractivity contribution in [2.75, 3.05) is 18.0 Å². The SMILES string of the molecule is NCCC1CN(C(=O)c2c[nH]ccc2=O)c2ccccc21. The summed E-state index contributed by atoms with van der Waals surface area (Å²) in [4.78, 5) is 29.0. The van der Waals surface area contributed by atoms with E-state index in [1.807, 2.05) is 24.3 Å². The molecule has 108 valence electrons. The number of nitrogens with one attached hydrogen (secondary N) is 1. The van der Waals surface area contributed by atoms with Crippen LogP contribution in [-0.4, -0.2) is 24.0 Å². The van der Waals surface area contributed by atoms with Crippen LogP contribution < -0.4 is 16.1 Å². The van der Waals surface area contributed by atoms with Gasteiger partial charge in [0.25, 0.3) is 5.91 Å². The monoisotopic (exact) mass is 283 g/mol. The molecular weight excluding hydrogens is 266 g/mol. The van der Waals surface area contributed by atoms with E-state index < -0.39 is 0 Å². The quantitative estimate of drug-likeness (QED) is 0.895. The van der Waals surface area contributed by atoms with Crippen LogP contribution in [0.1, 0.15) is 28.3 Å². The highest BCUT2D eigenvalue weighted by Crippen LogP contribution is 2.38. The molecule has 0 spiro atoms. The van der Waals surface area contributed by atoms with Gasteiger partial charge in [0.15, 0.2) is 5.43 Å². The number of para-hydroxylation sites is 1. The van der Waals surface area contributed by atoms with Gasteiger partial charge in [-0.3, -0.25) is 9.59 Å². The first-order valence-electron chi connectivity index (χ1n) is 7.00. The van der Waals surface area contributed by atoms with E-state index >= 15 is 0 Å². The molecule has 1 unspecified atom stereocenters. The lowest BCUT2D eigenvalue weighted by molar-refractivity contribution is 0.0986. The fourth-order valence-corrected chi connectivity index (χ4v) is 2.86. The number of H-pyrrole nitrogens is 1. The number of aromatic amines is 1. The first-order chi connectivity index (χ1) is 10.2. The molecule has 3 rings (SSSR count). The fourth-order valence-electron chi connectivity index (χ4n) is 2.86. The van der Waals surface area contributed by atoms with Crippen molar-refractivity contribution < 1.29 is 4.79 Å². The maximum absolute atomic E-state index is 12.7. The number of fused-ring (bicyclic) bond motifs is 1. The topological polar surface area (TPSA) is 79.2 Å². The van der Waals surface area contributed by atoms with Crippen LogP contribution >= 0.6 is 0 Å². The summed E-state index contributed by atoms with van der Waals surface area (Å²) in [5.41, 5.74) is 7.57. The Morgan fingerprint density at radius 2 is 2.14 bits per heavy atom. The zero-order chi connectivity index (χ0) is 14.8. The van der Waals surface area contributed by atoms with Crippen molar-refractivity contribution in [1.29, 1.82) is 0 Å². The van der Waals surface area contributed by atoms with Crippen LogP contribution in [-0.2, 0) is 0 Å². The average Bonchev–Trinajstić information content (AvgIpc) is 2.87. The van der Waals surface area contributed by atoms with Gasteiger partial charge in [0.2, 0.25) is 0 Å². The van der Waals surface area contributed by atoms with Crippen LogP contribution in [0.15, 0.2) is 47.5 Å². The minimum atomic E-state index is -0.265. The third kappa shape index (κ3) is 2.36. The van der Waals surface area contributed by atoms with Crippen LogP contribution in [0.2, 0.25) is 0 Å². The molecule has 2 heterocycles. The summed E-state index contributed by atoms with van der Waals surface area (Å²) in [6.07, 6.45) is 3.81. The zero-order valence-electron chi connectivity index (χ0n) is 11.6. The highest BCUT2D eigenvalue weighted by molar-refractivity contribution is 6.07. The molecule has 0 fully saturated rings. The Labute approximate surface area is 122 Å². The van der Waals surface area contributed by atoms with Crippen molar-refractivity contribution in [3.05, 3.63) is 64.1 Å². The van der Waals surface area contributed by atoms with Crippen LogP contribution in [0.5, 0.6) is 0 Å². The number of pyridine rings is 1. The summed E-state index contributed by atoms with van der Waals surface area (Å²) in [6, 6.07) is 9.18. The Hall–Kier alpha value is -2.40. The zero-order valence-corrected chi connectivity index (χ0v) is 11.6. The predicted molar refractivity (Wildman–Crippen MR) is 81.6 cm³/mol. The van der Waals surface area contributed by atoms with Crippen molar-refractivity contribution in [2.24, 2.45) is 5.73 Å². The molecule has 3 N–H and O–H groups in total. The summed E-state index contributed by atoms with van der Waals surface area (Å²) >= 11 is 0. The maximum atomic E-state index is 12.7. The second kappa shape index (κ2) is 5.54. The lowest BCUT2D eigenvalue weighted by atomic mass is 9.98. The molecule has 0 saturated heterocycles. The number of hydrogen-bond donors (Lipinski definition) is 2. The summed E-state index contributed by atoms with van der Waals surface area (Å²) in [5, 5.41) is 0. The van der Waals surface area contributed by atoms with Crippen molar-refractivity contribution >= 4 is 11.6 Å². The lowest BCUT2D eigenvalue weighted by Crippen LogP contribution is -2.33. The molecule has 5 heteroatoms. The Morgan fingerprint density at radius 1 is 1.33 bits per heavy atom. The molecule has 1 aromatic carbocycles. The minimum absolute atomic E-state index is 0.167. The number of carbonyl (C=O) groups excluding carboxylic acids is 1. The van der Waals surface area contributed by atoms with Gasteiger partial charge in [-0.25, -0.2) is 0 Å². The Morgan fingerprint density at radius 3 is 2.90 bits per heavy atom. The van der Waals surface area contributed by atoms with E-state index in [1.165, 1.54) is 18.5 Å². The number of nitrogens with two attached hydrogens (primary N) is 1. The van der Waals surface area contributed by atoms with Crippen LogP contribution in [0.25, 0.3) is 0 Å². The summed E-state index contributed by atoms with van der Waals surface area (Å²) in [6.45, 7) is 1.15. The van der Waals surface area contributed by atoms with Crippen LogP contribution in [0.4, 0.5) is 5.69 Å². The van der Waals surface area contributed by atoms with Gasteiger partial charge in [-0.2, -0.15) is 0 Å². The van der Waals surface area contributed by atoms with Crippen LogP contribution in [0, 0.1) is 0 Å². The van der Waals surface area contributed by atoms with E-state index in [-0.39, 0.29) is 22.8 Å². The Kier molecular flexibility index (Phi) is 3.58. The smallest absolute Gasteiger partial charge is 0.263 e. The number of nitrogens with zero attached hydrogens (tertiary/aromatic N) is 1. The van der Waals surface area contributed by atoms with Crippen LogP contribution in [0.3, 0.4) is 0 Å². The largest absolute Gasteiger partial charge is 0.367 e. The molecule has 0 saturated carbocycles. The summed E-state index contributed by atoms with van der Waals surface area (Å²) in [7, 11) is 0. The maximum Gasteiger partial charge on any atom is 0.263 e. The van der Waals surface area contributed by atoms with Crippen molar-refractivity contribution in [3.8, 4) is 0 Å². The Bertz CT molecular complexity index is 723. The van der Waals surface area contributed by atoms with Gasteiger partial charge in [0, 0.05) is 36.6 Å². The van der Waals surface area contributed by atoms with E-state index in [4.69, 9.17) is 5.73 Å². The number of anilines is 1. The predicted octanol–water partition coefficient (Wildman–Crippen LogP) is 1.47.